The SMILES string of the molecule is C=CCN1C(=O)/C(=C\c2ccc(OC(=O)c3ccccc3)c(OCC)c2)SC1=S. The summed E-state index contributed by atoms with van der Waals surface area (Å²) < 4.78 is 11.6. The smallest absolute Gasteiger partial charge is 0.343 e. The number of thiocarbonyl (C=S) groups is 1. The highest BCUT2D eigenvalue weighted by molar-refractivity contribution is 8.26. The molecule has 0 aromatic heterocycles. The van der Waals surface area contributed by atoms with Gasteiger partial charge in [0.2, 0.25) is 0 Å². The average Bonchev–Trinajstić information content (AvgIpc) is 2.98. The van der Waals surface area contributed by atoms with Crippen LogP contribution in [-0.4, -0.2) is 34.2 Å². The van der Waals surface area contributed by atoms with Crippen LogP contribution in [-0.2, 0) is 4.79 Å². The van der Waals surface area contributed by atoms with Gasteiger partial charge in [0.05, 0.1) is 17.1 Å². The van der Waals surface area contributed by atoms with E-state index < -0.39 is 5.97 Å². The summed E-state index contributed by atoms with van der Waals surface area (Å²) in [5, 5.41) is 0. The molecule has 5 nitrogen and oxygen atoms in total. The van der Waals surface area contributed by atoms with Gasteiger partial charge in [-0.3, -0.25) is 9.69 Å². The van der Waals surface area contributed by atoms with Crippen LogP contribution >= 0.6 is 24.0 Å². The predicted octanol–water partition coefficient (Wildman–Crippen LogP) is 4.69. The van der Waals surface area contributed by atoms with Gasteiger partial charge in [0.25, 0.3) is 5.91 Å². The van der Waals surface area contributed by atoms with E-state index in [2.05, 4.69) is 6.58 Å². The zero-order valence-corrected chi connectivity index (χ0v) is 17.4. The molecule has 148 valence electrons. The second kappa shape index (κ2) is 9.54. The highest BCUT2D eigenvalue weighted by Gasteiger charge is 2.31. The third-order valence-corrected chi connectivity index (χ3v) is 5.34. The molecule has 0 saturated carbocycles. The second-order valence-corrected chi connectivity index (χ2v) is 7.65. The molecule has 1 amide bonds. The van der Waals surface area contributed by atoms with E-state index in [9.17, 15) is 9.59 Å². The molecular formula is C22H19NO4S2. The molecule has 1 heterocycles. The van der Waals surface area contributed by atoms with Crippen LogP contribution in [0.15, 0.2) is 66.1 Å². The maximum absolute atomic E-state index is 12.5. The molecule has 1 aliphatic heterocycles. The third kappa shape index (κ3) is 4.93. The van der Waals surface area contributed by atoms with Crippen molar-refractivity contribution in [3.05, 3.63) is 77.2 Å². The highest BCUT2D eigenvalue weighted by atomic mass is 32.2. The number of carbonyl (C=O) groups excluding carboxylic acids is 2. The van der Waals surface area contributed by atoms with E-state index in [0.717, 1.165) is 5.56 Å². The first-order valence-corrected chi connectivity index (χ1v) is 10.2. The number of rotatable bonds is 7. The zero-order valence-electron chi connectivity index (χ0n) is 15.8. The number of thioether (sulfide) groups is 1. The summed E-state index contributed by atoms with van der Waals surface area (Å²) in [5.74, 6) is 0.117. The summed E-state index contributed by atoms with van der Waals surface area (Å²) in [5.41, 5.74) is 1.19. The topological polar surface area (TPSA) is 55.8 Å². The van der Waals surface area contributed by atoms with E-state index >= 15 is 0 Å². The Morgan fingerprint density at radius 3 is 2.66 bits per heavy atom. The number of hydrogen-bond acceptors (Lipinski definition) is 6. The summed E-state index contributed by atoms with van der Waals surface area (Å²) in [7, 11) is 0. The van der Waals surface area contributed by atoms with Gasteiger partial charge < -0.3 is 9.47 Å². The van der Waals surface area contributed by atoms with E-state index in [1.165, 1.54) is 16.7 Å². The molecule has 2 aromatic rings. The number of carbonyl (C=O) groups is 2. The van der Waals surface area contributed by atoms with Gasteiger partial charge in [0.1, 0.15) is 4.32 Å². The Morgan fingerprint density at radius 1 is 1.21 bits per heavy atom. The van der Waals surface area contributed by atoms with Crippen molar-refractivity contribution in [3.8, 4) is 11.5 Å². The fourth-order valence-corrected chi connectivity index (χ4v) is 3.91. The molecule has 1 fully saturated rings. The summed E-state index contributed by atoms with van der Waals surface area (Å²) >= 11 is 6.50. The fourth-order valence-electron chi connectivity index (χ4n) is 2.64. The molecule has 3 rings (SSSR count). The number of hydrogen-bond donors (Lipinski definition) is 0. The van der Waals surface area contributed by atoms with Gasteiger partial charge in [0, 0.05) is 6.54 Å². The summed E-state index contributed by atoms with van der Waals surface area (Å²) in [6, 6.07) is 13.9. The molecule has 0 aliphatic carbocycles. The standard InChI is InChI=1S/C22H19NO4S2/c1-3-12-23-20(24)19(29-22(23)28)14-15-10-11-17(18(13-15)26-4-2)27-21(25)16-8-6-5-7-9-16/h3,5-11,13-14H,1,4,12H2,2H3/b19-14+. The fraction of sp³-hybridized carbons (Fsp3) is 0.136. The van der Waals surface area contributed by atoms with Crippen LogP contribution in [0.4, 0.5) is 0 Å². The molecule has 0 radical (unpaired) electrons. The van der Waals surface area contributed by atoms with Crippen molar-refractivity contribution >= 4 is 46.3 Å². The van der Waals surface area contributed by atoms with Gasteiger partial charge in [-0.1, -0.05) is 54.3 Å². The van der Waals surface area contributed by atoms with E-state index in [0.29, 0.717) is 39.4 Å². The Bertz CT molecular complexity index is 986. The molecular weight excluding hydrogens is 406 g/mol. The monoisotopic (exact) mass is 425 g/mol. The first-order valence-electron chi connectivity index (χ1n) is 8.93. The van der Waals surface area contributed by atoms with Crippen molar-refractivity contribution in [1.82, 2.24) is 4.90 Å². The molecule has 2 aromatic carbocycles. The maximum Gasteiger partial charge on any atom is 0.343 e. The van der Waals surface area contributed by atoms with Crippen molar-refractivity contribution in [2.45, 2.75) is 6.92 Å². The Kier molecular flexibility index (Phi) is 6.85. The Labute approximate surface area is 179 Å². The van der Waals surface area contributed by atoms with Crippen LogP contribution in [0, 0.1) is 0 Å². The quantitative estimate of drug-likeness (QED) is 0.211. The van der Waals surface area contributed by atoms with Gasteiger partial charge in [-0.25, -0.2) is 4.79 Å². The molecule has 1 saturated heterocycles. The van der Waals surface area contributed by atoms with E-state index in [1.807, 2.05) is 13.0 Å². The summed E-state index contributed by atoms with van der Waals surface area (Å²) in [4.78, 5) is 26.9. The van der Waals surface area contributed by atoms with Crippen molar-refractivity contribution in [3.63, 3.8) is 0 Å². The lowest BCUT2D eigenvalue weighted by atomic mass is 10.1. The van der Waals surface area contributed by atoms with Crippen LogP contribution in [0.3, 0.4) is 0 Å². The van der Waals surface area contributed by atoms with Crippen LogP contribution < -0.4 is 9.47 Å². The maximum atomic E-state index is 12.5. The number of nitrogens with zero attached hydrogens (tertiary/aromatic N) is 1. The predicted molar refractivity (Wildman–Crippen MR) is 119 cm³/mol. The van der Waals surface area contributed by atoms with E-state index in [4.69, 9.17) is 21.7 Å². The van der Waals surface area contributed by atoms with Gasteiger partial charge in [-0.05, 0) is 42.8 Å². The Balaban J connectivity index is 1.84. The van der Waals surface area contributed by atoms with Crippen molar-refractivity contribution < 1.29 is 19.1 Å². The zero-order chi connectivity index (χ0) is 20.8. The van der Waals surface area contributed by atoms with Crippen LogP contribution in [0.2, 0.25) is 0 Å². The lowest BCUT2D eigenvalue weighted by Gasteiger charge is -2.12. The minimum atomic E-state index is -0.468. The molecule has 0 atom stereocenters. The van der Waals surface area contributed by atoms with E-state index in [-0.39, 0.29) is 5.91 Å². The van der Waals surface area contributed by atoms with E-state index in [1.54, 1.807) is 54.6 Å². The Morgan fingerprint density at radius 2 is 1.97 bits per heavy atom. The van der Waals surface area contributed by atoms with Crippen LogP contribution in [0.25, 0.3) is 6.08 Å². The van der Waals surface area contributed by atoms with Crippen molar-refractivity contribution in [1.29, 1.82) is 0 Å². The number of ether oxygens (including phenoxy) is 2. The molecule has 1 aliphatic rings. The van der Waals surface area contributed by atoms with Gasteiger partial charge in [0.15, 0.2) is 11.5 Å². The molecule has 7 heteroatoms. The normalized spacial score (nSPS) is 14.9. The number of amides is 1. The highest BCUT2D eigenvalue weighted by Crippen LogP contribution is 2.35. The first-order chi connectivity index (χ1) is 14.0. The molecule has 0 bridgehead atoms. The van der Waals surface area contributed by atoms with Crippen molar-refractivity contribution in [2.75, 3.05) is 13.2 Å². The molecule has 0 spiro atoms. The Hall–Kier alpha value is -2.90. The second-order valence-electron chi connectivity index (χ2n) is 5.98. The van der Waals surface area contributed by atoms with Crippen LogP contribution in [0.1, 0.15) is 22.8 Å². The first kappa shape index (κ1) is 20.8. The number of benzene rings is 2. The summed E-state index contributed by atoms with van der Waals surface area (Å²) in [6.07, 6.45) is 3.38. The molecule has 0 N–H and O–H groups in total. The van der Waals surface area contributed by atoms with Crippen LogP contribution in [0.5, 0.6) is 11.5 Å². The minimum absolute atomic E-state index is 0.155. The van der Waals surface area contributed by atoms with Gasteiger partial charge in [-0.15, -0.1) is 6.58 Å². The lowest BCUT2D eigenvalue weighted by Crippen LogP contribution is -2.27. The van der Waals surface area contributed by atoms with Gasteiger partial charge in [-0.2, -0.15) is 0 Å². The number of esters is 1. The van der Waals surface area contributed by atoms with Gasteiger partial charge >= 0.3 is 5.97 Å². The molecule has 29 heavy (non-hydrogen) atoms. The summed E-state index contributed by atoms with van der Waals surface area (Å²) in [6.45, 7) is 6.27. The third-order valence-electron chi connectivity index (χ3n) is 3.96. The lowest BCUT2D eigenvalue weighted by molar-refractivity contribution is -0.121. The largest absolute Gasteiger partial charge is 0.490 e. The minimum Gasteiger partial charge on any atom is -0.490 e. The van der Waals surface area contributed by atoms with Crippen molar-refractivity contribution in [2.24, 2.45) is 0 Å². The molecule has 0 unspecified atom stereocenters. The average molecular weight is 426 g/mol.